The Labute approximate surface area is 116 Å². The van der Waals surface area contributed by atoms with E-state index in [2.05, 4.69) is 49.8 Å². The van der Waals surface area contributed by atoms with E-state index < -0.39 is 0 Å². The molecule has 2 atom stereocenters. The number of nitrogens with one attached hydrogen (secondary N) is 1. The van der Waals surface area contributed by atoms with E-state index in [9.17, 15) is 0 Å². The highest BCUT2D eigenvalue weighted by molar-refractivity contribution is 7.15. The molecule has 0 aromatic carbocycles. The van der Waals surface area contributed by atoms with E-state index in [0.717, 1.165) is 30.7 Å². The maximum Gasteiger partial charge on any atom is 0.185 e. The zero-order chi connectivity index (χ0) is 13.5. The molecule has 1 N–H and O–H groups in total. The number of hydrogen-bond acceptors (Lipinski definition) is 4. The Bertz CT molecular complexity index is 334. The van der Waals surface area contributed by atoms with Crippen LogP contribution in [0.5, 0.6) is 0 Å². The molecule has 0 aliphatic rings. The zero-order valence-corrected chi connectivity index (χ0v) is 13.2. The van der Waals surface area contributed by atoms with E-state index in [-0.39, 0.29) is 0 Å². The molecule has 1 heterocycles. The molecule has 1 rings (SSSR count). The second kappa shape index (κ2) is 7.74. The maximum atomic E-state index is 4.51. The van der Waals surface area contributed by atoms with Crippen molar-refractivity contribution < 1.29 is 0 Å². The first kappa shape index (κ1) is 15.4. The topological polar surface area (TPSA) is 28.2 Å². The van der Waals surface area contributed by atoms with Gasteiger partial charge in [-0.3, -0.25) is 0 Å². The molecule has 104 valence electrons. The van der Waals surface area contributed by atoms with Crippen molar-refractivity contribution in [1.29, 1.82) is 0 Å². The van der Waals surface area contributed by atoms with Crippen molar-refractivity contribution in [3.05, 3.63) is 11.1 Å². The predicted octanol–water partition coefficient (Wildman–Crippen LogP) is 3.51. The molecule has 1 aromatic rings. The molecule has 0 saturated heterocycles. The van der Waals surface area contributed by atoms with Crippen LogP contribution in [-0.2, 0) is 6.54 Å². The van der Waals surface area contributed by atoms with Gasteiger partial charge in [-0.25, -0.2) is 4.98 Å². The molecule has 0 radical (unpaired) electrons. The molecule has 2 unspecified atom stereocenters. The third-order valence-corrected chi connectivity index (χ3v) is 4.73. The lowest BCUT2D eigenvalue weighted by atomic mass is 10.0. The van der Waals surface area contributed by atoms with Gasteiger partial charge in [0.25, 0.3) is 0 Å². The average Bonchev–Trinajstić information content (AvgIpc) is 2.85. The van der Waals surface area contributed by atoms with E-state index in [1.54, 1.807) is 11.3 Å². The summed E-state index contributed by atoms with van der Waals surface area (Å²) in [6, 6.07) is 0.564. The van der Waals surface area contributed by atoms with Crippen molar-refractivity contribution in [3.63, 3.8) is 0 Å². The molecule has 0 aliphatic heterocycles. The third kappa shape index (κ3) is 4.25. The summed E-state index contributed by atoms with van der Waals surface area (Å²) in [5, 5.41) is 4.74. The number of thiazole rings is 1. The molecule has 0 bridgehead atoms. The van der Waals surface area contributed by atoms with Crippen LogP contribution in [0.2, 0.25) is 0 Å². The van der Waals surface area contributed by atoms with Gasteiger partial charge in [0.05, 0.1) is 0 Å². The Hall–Kier alpha value is -0.610. The fourth-order valence-electron chi connectivity index (χ4n) is 1.84. The normalized spacial score (nSPS) is 14.5. The second-order valence-electron chi connectivity index (χ2n) is 4.84. The highest BCUT2D eigenvalue weighted by Gasteiger charge is 2.11. The SMILES string of the molecule is CCC(C)C(C)NCc1cnc(N(CC)CC)s1. The summed E-state index contributed by atoms with van der Waals surface area (Å²) in [6.45, 7) is 14.1. The van der Waals surface area contributed by atoms with Crippen LogP contribution >= 0.6 is 11.3 Å². The molecule has 0 aliphatic carbocycles. The van der Waals surface area contributed by atoms with Crippen LogP contribution in [0.1, 0.15) is 45.9 Å². The van der Waals surface area contributed by atoms with Crippen molar-refractivity contribution in [2.45, 2.75) is 53.6 Å². The van der Waals surface area contributed by atoms with Crippen LogP contribution < -0.4 is 10.2 Å². The minimum atomic E-state index is 0.564. The van der Waals surface area contributed by atoms with E-state index in [1.165, 1.54) is 11.3 Å². The Morgan fingerprint density at radius 1 is 1.28 bits per heavy atom. The van der Waals surface area contributed by atoms with Crippen LogP contribution in [0, 0.1) is 5.92 Å². The lowest BCUT2D eigenvalue weighted by Crippen LogP contribution is -2.31. The molecular weight excluding hydrogens is 242 g/mol. The van der Waals surface area contributed by atoms with Crippen molar-refractivity contribution in [2.75, 3.05) is 18.0 Å². The monoisotopic (exact) mass is 269 g/mol. The van der Waals surface area contributed by atoms with Gasteiger partial charge in [0.2, 0.25) is 0 Å². The maximum absolute atomic E-state index is 4.51. The van der Waals surface area contributed by atoms with Gasteiger partial charge < -0.3 is 10.2 Å². The zero-order valence-electron chi connectivity index (χ0n) is 12.4. The molecule has 0 spiro atoms. The molecule has 1 aromatic heterocycles. The third-order valence-electron chi connectivity index (χ3n) is 3.67. The Balaban J connectivity index is 2.49. The van der Waals surface area contributed by atoms with Crippen molar-refractivity contribution in [1.82, 2.24) is 10.3 Å². The lowest BCUT2D eigenvalue weighted by molar-refractivity contribution is 0.390. The smallest absolute Gasteiger partial charge is 0.185 e. The van der Waals surface area contributed by atoms with Crippen molar-refractivity contribution >= 4 is 16.5 Å². The summed E-state index contributed by atoms with van der Waals surface area (Å²) in [4.78, 5) is 8.13. The van der Waals surface area contributed by atoms with E-state index in [1.807, 2.05) is 6.20 Å². The quantitative estimate of drug-likeness (QED) is 0.783. The highest BCUT2D eigenvalue weighted by atomic mass is 32.1. The summed E-state index contributed by atoms with van der Waals surface area (Å²) in [6.07, 6.45) is 3.23. The largest absolute Gasteiger partial charge is 0.349 e. The Morgan fingerprint density at radius 2 is 1.94 bits per heavy atom. The van der Waals surface area contributed by atoms with Crippen molar-refractivity contribution in [2.24, 2.45) is 5.92 Å². The van der Waals surface area contributed by atoms with Gasteiger partial charge in [-0.15, -0.1) is 11.3 Å². The minimum Gasteiger partial charge on any atom is -0.349 e. The van der Waals surface area contributed by atoms with E-state index in [0.29, 0.717) is 6.04 Å². The van der Waals surface area contributed by atoms with E-state index >= 15 is 0 Å². The summed E-state index contributed by atoms with van der Waals surface area (Å²) in [7, 11) is 0. The van der Waals surface area contributed by atoms with Gasteiger partial charge in [-0.2, -0.15) is 0 Å². The molecule has 0 fully saturated rings. The second-order valence-corrected chi connectivity index (χ2v) is 5.93. The Morgan fingerprint density at radius 3 is 2.50 bits per heavy atom. The molecule has 0 amide bonds. The van der Waals surface area contributed by atoms with Crippen molar-refractivity contribution in [3.8, 4) is 0 Å². The summed E-state index contributed by atoms with van der Waals surface area (Å²) in [5.41, 5.74) is 0. The van der Waals surface area contributed by atoms with Gasteiger partial charge in [-0.1, -0.05) is 20.3 Å². The van der Waals surface area contributed by atoms with Gasteiger partial charge in [-0.05, 0) is 26.7 Å². The minimum absolute atomic E-state index is 0.564. The number of aromatic nitrogens is 1. The van der Waals surface area contributed by atoms with Crippen LogP contribution in [0.4, 0.5) is 5.13 Å². The fraction of sp³-hybridized carbons (Fsp3) is 0.786. The molecule has 18 heavy (non-hydrogen) atoms. The van der Waals surface area contributed by atoms with Gasteiger partial charge >= 0.3 is 0 Å². The van der Waals surface area contributed by atoms with Crippen LogP contribution in [-0.4, -0.2) is 24.1 Å². The summed E-state index contributed by atoms with van der Waals surface area (Å²) in [5.74, 6) is 0.722. The standard InChI is InChI=1S/C14H27N3S/c1-6-11(4)12(5)15-9-13-10-16-14(18-13)17(7-2)8-3/h10-12,15H,6-9H2,1-5H3. The predicted molar refractivity (Wildman–Crippen MR) is 81.4 cm³/mol. The molecule has 4 heteroatoms. The van der Waals surface area contributed by atoms with Crippen LogP contribution in [0.3, 0.4) is 0 Å². The fourth-order valence-corrected chi connectivity index (χ4v) is 2.82. The van der Waals surface area contributed by atoms with Gasteiger partial charge in [0, 0.05) is 36.8 Å². The van der Waals surface area contributed by atoms with E-state index in [4.69, 9.17) is 0 Å². The van der Waals surface area contributed by atoms with Crippen LogP contribution in [0.25, 0.3) is 0 Å². The highest BCUT2D eigenvalue weighted by Crippen LogP contribution is 2.22. The average molecular weight is 269 g/mol. The lowest BCUT2D eigenvalue weighted by Gasteiger charge is -2.19. The number of nitrogens with zero attached hydrogens (tertiary/aromatic N) is 2. The van der Waals surface area contributed by atoms with Crippen LogP contribution in [0.15, 0.2) is 6.20 Å². The number of rotatable bonds is 8. The first-order valence-electron chi connectivity index (χ1n) is 7.05. The Kier molecular flexibility index (Phi) is 6.65. The number of anilines is 1. The molecular formula is C14H27N3S. The first-order valence-corrected chi connectivity index (χ1v) is 7.86. The van der Waals surface area contributed by atoms with Gasteiger partial charge in [0.1, 0.15) is 0 Å². The molecule has 0 saturated carbocycles. The molecule has 3 nitrogen and oxygen atoms in total. The van der Waals surface area contributed by atoms with Gasteiger partial charge in [0.15, 0.2) is 5.13 Å². The summed E-state index contributed by atoms with van der Waals surface area (Å²) >= 11 is 1.80. The first-order chi connectivity index (χ1) is 8.62. The number of hydrogen-bond donors (Lipinski definition) is 1. The summed E-state index contributed by atoms with van der Waals surface area (Å²) < 4.78 is 0.